The van der Waals surface area contributed by atoms with Gasteiger partial charge in [-0.2, -0.15) is 0 Å². The SMILES string of the molecule is Cc1ccc(OC2CC34CC3CN(C(=O)c3cc(C)cnc3-c3ncccn3)C24)nc1. The number of hydrogen-bond acceptors (Lipinski definition) is 6. The molecule has 0 N–H and O–H groups in total. The summed E-state index contributed by atoms with van der Waals surface area (Å²) in [6.07, 6.45) is 9.05. The number of carbonyl (C=O) groups is 1. The highest BCUT2D eigenvalue weighted by Crippen LogP contribution is 2.71. The predicted octanol–water partition coefficient (Wildman–Crippen LogP) is 3.23. The minimum Gasteiger partial charge on any atom is -0.472 e. The quantitative estimate of drug-likeness (QED) is 0.653. The van der Waals surface area contributed by atoms with Crippen LogP contribution in [0.5, 0.6) is 5.88 Å². The number of nitrogens with zero attached hydrogens (tertiary/aromatic N) is 5. The second-order valence-corrected chi connectivity index (χ2v) is 9.05. The fraction of sp³-hybridized carbons (Fsp3) is 0.375. The Bertz CT molecular complexity index is 1170. The van der Waals surface area contributed by atoms with E-state index in [2.05, 4.69) is 19.9 Å². The van der Waals surface area contributed by atoms with Crippen molar-refractivity contribution in [2.45, 2.75) is 38.8 Å². The van der Waals surface area contributed by atoms with E-state index in [-0.39, 0.29) is 23.5 Å². The number of piperidine rings is 1. The highest BCUT2D eigenvalue weighted by Gasteiger charge is 2.76. The summed E-state index contributed by atoms with van der Waals surface area (Å²) in [4.78, 5) is 33.3. The van der Waals surface area contributed by atoms with E-state index in [1.165, 1.54) is 6.42 Å². The number of aromatic nitrogens is 4. The minimum atomic E-state index is -0.0270. The Balaban J connectivity index is 1.31. The van der Waals surface area contributed by atoms with Crippen LogP contribution in [0, 0.1) is 25.2 Å². The summed E-state index contributed by atoms with van der Waals surface area (Å²) in [7, 11) is 0. The summed E-state index contributed by atoms with van der Waals surface area (Å²) >= 11 is 0. The zero-order valence-corrected chi connectivity index (χ0v) is 17.5. The molecule has 3 aromatic rings. The van der Waals surface area contributed by atoms with Crippen molar-refractivity contribution in [2.75, 3.05) is 6.54 Å². The monoisotopic (exact) mass is 413 g/mol. The molecule has 156 valence electrons. The molecule has 3 fully saturated rings. The Morgan fingerprint density at radius 2 is 1.87 bits per heavy atom. The molecule has 7 heteroatoms. The molecular weight excluding hydrogens is 390 g/mol. The molecule has 4 heterocycles. The first kappa shape index (κ1) is 18.4. The van der Waals surface area contributed by atoms with E-state index in [1.54, 1.807) is 24.7 Å². The number of ether oxygens (including phenoxy) is 1. The molecule has 0 bridgehead atoms. The van der Waals surface area contributed by atoms with Crippen LogP contribution in [0.25, 0.3) is 11.5 Å². The number of hydrogen-bond donors (Lipinski definition) is 0. The van der Waals surface area contributed by atoms with Gasteiger partial charge in [-0.15, -0.1) is 0 Å². The number of carbonyl (C=O) groups excluding carboxylic acids is 1. The summed E-state index contributed by atoms with van der Waals surface area (Å²) in [5, 5.41) is 0. The number of rotatable bonds is 4. The van der Waals surface area contributed by atoms with Crippen LogP contribution in [-0.4, -0.2) is 49.4 Å². The van der Waals surface area contributed by atoms with E-state index in [1.807, 2.05) is 43.1 Å². The van der Waals surface area contributed by atoms with Crippen molar-refractivity contribution in [3.05, 3.63) is 65.7 Å². The van der Waals surface area contributed by atoms with Gasteiger partial charge in [0.1, 0.15) is 11.8 Å². The van der Waals surface area contributed by atoms with Crippen LogP contribution in [-0.2, 0) is 0 Å². The van der Waals surface area contributed by atoms with Crippen LogP contribution in [0.15, 0.2) is 49.1 Å². The maximum atomic E-state index is 13.7. The summed E-state index contributed by atoms with van der Waals surface area (Å²) in [5.41, 5.74) is 3.35. The molecule has 4 atom stereocenters. The maximum absolute atomic E-state index is 13.7. The maximum Gasteiger partial charge on any atom is 0.256 e. The normalized spacial score (nSPS) is 27.8. The predicted molar refractivity (Wildman–Crippen MR) is 113 cm³/mol. The van der Waals surface area contributed by atoms with Gasteiger partial charge in [-0.25, -0.2) is 15.0 Å². The van der Waals surface area contributed by atoms with Crippen molar-refractivity contribution >= 4 is 5.91 Å². The molecule has 6 rings (SSSR count). The third kappa shape index (κ3) is 2.83. The van der Waals surface area contributed by atoms with Gasteiger partial charge in [0.25, 0.3) is 5.91 Å². The van der Waals surface area contributed by atoms with Crippen LogP contribution >= 0.6 is 0 Å². The zero-order chi connectivity index (χ0) is 21.2. The molecule has 1 aliphatic heterocycles. The van der Waals surface area contributed by atoms with E-state index in [9.17, 15) is 4.79 Å². The summed E-state index contributed by atoms with van der Waals surface area (Å²) in [5.74, 6) is 1.65. The van der Waals surface area contributed by atoms with Gasteiger partial charge in [-0.05, 0) is 55.9 Å². The lowest BCUT2D eigenvalue weighted by molar-refractivity contribution is -0.0345. The third-order valence-corrected chi connectivity index (χ3v) is 7.00. The standard InChI is InChI=1S/C24H23N5O2/c1-14-4-5-19(27-11-14)31-18-10-24-9-16(24)13-29(21(18)24)23(30)17-8-15(2)12-28-20(17)22-25-6-3-7-26-22/h3-8,11-12,16,18,21H,9-10,13H2,1-2H3. The van der Waals surface area contributed by atoms with Crippen molar-refractivity contribution in [1.29, 1.82) is 0 Å². The molecule has 3 aliphatic rings. The fourth-order valence-corrected chi connectivity index (χ4v) is 5.42. The Morgan fingerprint density at radius 1 is 1.06 bits per heavy atom. The van der Waals surface area contributed by atoms with Gasteiger partial charge in [-0.3, -0.25) is 9.78 Å². The largest absolute Gasteiger partial charge is 0.472 e. The first-order valence-electron chi connectivity index (χ1n) is 10.7. The molecule has 4 unspecified atom stereocenters. The molecule has 3 aromatic heterocycles. The molecule has 31 heavy (non-hydrogen) atoms. The second kappa shape index (κ2) is 6.57. The van der Waals surface area contributed by atoms with Crippen LogP contribution in [0.3, 0.4) is 0 Å². The summed E-state index contributed by atoms with van der Waals surface area (Å²) in [6.45, 7) is 4.72. The molecule has 7 nitrogen and oxygen atoms in total. The molecule has 2 saturated carbocycles. The molecule has 2 aliphatic carbocycles. The smallest absolute Gasteiger partial charge is 0.256 e. The minimum absolute atomic E-state index is 0.0135. The molecule has 0 aromatic carbocycles. The number of likely N-dealkylation sites (tertiary alicyclic amines) is 1. The van der Waals surface area contributed by atoms with Gasteiger partial charge in [-0.1, -0.05) is 6.07 Å². The Morgan fingerprint density at radius 3 is 2.65 bits per heavy atom. The van der Waals surface area contributed by atoms with E-state index < -0.39 is 0 Å². The van der Waals surface area contributed by atoms with Gasteiger partial charge in [0.15, 0.2) is 5.82 Å². The summed E-state index contributed by atoms with van der Waals surface area (Å²) < 4.78 is 6.22. The average molecular weight is 413 g/mol. The summed E-state index contributed by atoms with van der Waals surface area (Å²) in [6, 6.07) is 7.64. The Kier molecular flexibility index (Phi) is 3.91. The van der Waals surface area contributed by atoms with Crippen molar-refractivity contribution in [3.63, 3.8) is 0 Å². The van der Waals surface area contributed by atoms with Gasteiger partial charge in [0, 0.05) is 42.8 Å². The van der Waals surface area contributed by atoms with E-state index in [4.69, 9.17) is 4.74 Å². The van der Waals surface area contributed by atoms with Crippen LogP contribution in [0.2, 0.25) is 0 Å². The number of aryl methyl sites for hydroxylation is 2. The third-order valence-electron chi connectivity index (χ3n) is 7.00. The topological polar surface area (TPSA) is 81.1 Å². The zero-order valence-electron chi connectivity index (χ0n) is 17.5. The Hall–Kier alpha value is -3.35. The van der Waals surface area contributed by atoms with Crippen molar-refractivity contribution in [3.8, 4) is 17.4 Å². The van der Waals surface area contributed by atoms with Crippen LogP contribution in [0.1, 0.15) is 34.3 Å². The van der Waals surface area contributed by atoms with Gasteiger partial charge >= 0.3 is 0 Å². The molecule has 1 amide bonds. The lowest BCUT2D eigenvalue weighted by atomic mass is 9.73. The van der Waals surface area contributed by atoms with Gasteiger partial charge < -0.3 is 9.64 Å². The van der Waals surface area contributed by atoms with Crippen molar-refractivity contribution < 1.29 is 9.53 Å². The average Bonchev–Trinajstić information content (AvgIpc) is 3.43. The number of amides is 1. The second-order valence-electron chi connectivity index (χ2n) is 9.05. The Labute approximate surface area is 180 Å². The first-order chi connectivity index (χ1) is 15.0. The fourth-order valence-electron chi connectivity index (χ4n) is 5.42. The molecule has 0 radical (unpaired) electrons. The van der Waals surface area contributed by atoms with E-state index in [0.29, 0.717) is 28.9 Å². The van der Waals surface area contributed by atoms with Crippen molar-refractivity contribution in [1.82, 2.24) is 24.8 Å². The molecule has 1 saturated heterocycles. The number of pyridine rings is 2. The van der Waals surface area contributed by atoms with Gasteiger partial charge in [0.05, 0.1) is 11.6 Å². The van der Waals surface area contributed by atoms with E-state index in [0.717, 1.165) is 24.1 Å². The van der Waals surface area contributed by atoms with Crippen LogP contribution in [0.4, 0.5) is 0 Å². The first-order valence-corrected chi connectivity index (χ1v) is 10.7. The van der Waals surface area contributed by atoms with E-state index >= 15 is 0 Å². The van der Waals surface area contributed by atoms with Crippen molar-refractivity contribution in [2.24, 2.45) is 11.3 Å². The highest BCUT2D eigenvalue weighted by molar-refractivity contribution is 6.00. The highest BCUT2D eigenvalue weighted by atomic mass is 16.5. The molecule has 1 spiro atoms. The lowest BCUT2D eigenvalue weighted by Crippen LogP contribution is -2.59. The van der Waals surface area contributed by atoms with Crippen LogP contribution < -0.4 is 4.74 Å². The molecular formula is C24H23N5O2. The van der Waals surface area contributed by atoms with Gasteiger partial charge in [0.2, 0.25) is 5.88 Å². The lowest BCUT2D eigenvalue weighted by Gasteiger charge is -2.47.